The Morgan fingerprint density at radius 3 is 2.67 bits per heavy atom. The van der Waals surface area contributed by atoms with E-state index in [1.54, 1.807) is 0 Å². The van der Waals surface area contributed by atoms with E-state index in [9.17, 15) is 14.7 Å². The van der Waals surface area contributed by atoms with E-state index < -0.39 is 5.97 Å². The number of aliphatic carboxylic acids is 1. The van der Waals surface area contributed by atoms with E-state index in [4.69, 9.17) is 0 Å². The molecule has 6 nitrogen and oxygen atoms in total. The molecule has 4 atom stereocenters. The number of rotatable bonds is 6. The van der Waals surface area contributed by atoms with Crippen LogP contribution in [0.2, 0.25) is 0 Å². The van der Waals surface area contributed by atoms with Crippen molar-refractivity contribution in [1.29, 1.82) is 0 Å². The summed E-state index contributed by atoms with van der Waals surface area (Å²) < 4.78 is 1.86. The highest BCUT2D eigenvalue weighted by Crippen LogP contribution is 2.49. The smallest absolute Gasteiger partial charge is 0.306 e. The molecule has 0 saturated heterocycles. The predicted octanol–water partition coefficient (Wildman–Crippen LogP) is 2.78. The van der Waals surface area contributed by atoms with Crippen LogP contribution in [0.25, 0.3) is 0 Å². The van der Waals surface area contributed by atoms with Crippen molar-refractivity contribution in [2.45, 2.75) is 65.0 Å². The Kier molecular flexibility index (Phi) is 4.65. The summed E-state index contributed by atoms with van der Waals surface area (Å²) in [6.07, 6.45) is 4.23. The second-order valence-corrected chi connectivity index (χ2v) is 7.33. The highest BCUT2D eigenvalue weighted by Gasteiger charge is 2.50. The van der Waals surface area contributed by atoms with Crippen LogP contribution in [0, 0.1) is 24.7 Å². The molecule has 2 aliphatic rings. The van der Waals surface area contributed by atoms with Gasteiger partial charge in [-0.05, 0) is 56.9 Å². The molecule has 3 rings (SSSR count). The zero-order valence-corrected chi connectivity index (χ0v) is 14.7. The average molecular weight is 333 g/mol. The summed E-state index contributed by atoms with van der Waals surface area (Å²) in [6, 6.07) is 2.19. The van der Waals surface area contributed by atoms with Gasteiger partial charge in [-0.15, -0.1) is 0 Å². The second kappa shape index (κ2) is 6.57. The lowest BCUT2D eigenvalue weighted by atomic mass is 9.71. The van der Waals surface area contributed by atoms with Crippen molar-refractivity contribution in [3.63, 3.8) is 0 Å². The van der Waals surface area contributed by atoms with Crippen molar-refractivity contribution < 1.29 is 14.7 Å². The summed E-state index contributed by atoms with van der Waals surface area (Å²) in [5.74, 6) is -0.233. The first-order valence-corrected chi connectivity index (χ1v) is 9.04. The van der Waals surface area contributed by atoms with E-state index in [-0.39, 0.29) is 23.9 Å². The predicted molar refractivity (Wildman–Crippen MR) is 89.8 cm³/mol. The summed E-state index contributed by atoms with van der Waals surface area (Å²) in [5, 5.41) is 16.8. The number of fused-ring (bicyclic) bond motifs is 1. The summed E-state index contributed by atoms with van der Waals surface area (Å²) in [5.41, 5.74) is 1.47. The van der Waals surface area contributed by atoms with Gasteiger partial charge in [-0.2, -0.15) is 5.10 Å². The summed E-state index contributed by atoms with van der Waals surface area (Å²) in [7, 11) is 0. The fourth-order valence-electron chi connectivity index (χ4n) is 4.44. The number of carbonyl (C=O) groups is 2. The monoisotopic (exact) mass is 333 g/mol. The van der Waals surface area contributed by atoms with E-state index in [2.05, 4.69) is 24.3 Å². The van der Waals surface area contributed by atoms with E-state index in [1.165, 1.54) is 0 Å². The molecule has 6 heteroatoms. The lowest BCUT2D eigenvalue weighted by Gasteiger charge is -2.40. The van der Waals surface area contributed by atoms with Crippen molar-refractivity contribution in [3.8, 4) is 0 Å². The maximum Gasteiger partial charge on any atom is 0.306 e. The van der Waals surface area contributed by atoms with Crippen molar-refractivity contribution in [1.82, 2.24) is 15.1 Å². The van der Waals surface area contributed by atoms with Crippen molar-refractivity contribution >= 4 is 11.9 Å². The fourth-order valence-corrected chi connectivity index (χ4v) is 4.44. The Labute approximate surface area is 142 Å². The zero-order valence-electron chi connectivity index (χ0n) is 14.7. The van der Waals surface area contributed by atoms with Crippen LogP contribution in [-0.2, 0) is 4.79 Å². The fraction of sp³-hybridized carbons (Fsp3) is 0.722. The van der Waals surface area contributed by atoms with Gasteiger partial charge in [0, 0.05) is 6.04 Å². The maximum absolute atomic E-state index is 12.7. The Morgan fingerprint density at radius 2 is 2.04 bits per heavy atom. The minimum absolute atomic E-state index is 0.0790. The summed E-state index contributed by atoms with van der Waals surface area (Å²) >= 11 is 0. The van der Waals surface area contributed by atoms with Gasteiger partial charge in [0.25, 0.3) is 5.91 Å². The lowest BCUT2D eigenvalue weighted by molar-refractivity contribution is -0.141. The van der Waals surface area contributed by atoms with Crippen molar-refractivity contribution in [2.24, 2.45) is 17.8 Å². The number of carbonyl (C=O) groups excluding carboxylic acids is 1. The molecule has 1 aromatic heterocycles. The van der Waals surface area contributed by atoms with E-state index >= 15 is 0 Å². The van der Waals surface area contributed by atoms with E-state index in [0.29, 0.717) is 24.0 Å². The minimum Gasteiger partial charge on any atom is -0.481 e. The normalized spacial score (nSPS) is 28.5. The number of hydrogen-bond acceptors (Lipinski definition) is 3. The van der Waals surface area contributed by atoms with Crippen LogP contribution in [0.5, 0.6) is 0 Å². The standard InChI is InChI=1S/C18H27N3O3/c1-4-13(5-2)21-16(6-10(3)20-21)17(22)19-15-9-11-7-12(18(23)24)8-14(11)15/h6,11-15H,4-5,7-9H2,1-3H3,(H,19,22)(H,23,24). The molecule has 1 aromatic rings. The SMILES string of the molecule is CCC(CC)n1nc(C)cc1C(=O)NC1CC2CC(C(=O)O)CC21. The molecule has 2 aliphatic carbocycles. The summed E-state index contributed by atoms with van der Waals surface area (Å²) in [6.45, 7) is 6.12. The Morgan fingerprint density at radius 1 is 1.33 bits per heavy atom. The first-order valence-electron chi connectivity index (χ1n) is 9.04. The molecule has 2 fully saturated rings. The molecule has 1 amide bonds. The van der Waals surface area contributed by atoms with Gasteiger partial charge in [0.1, 0.15) is 5.69 Å². The van der Waals surface area contributed by atoms with Gasteiger partial charge in [0.2, 0.25) is 0 Å². The van der Waals surface area contributed by atoms with Gasteiger partial charge in [-0.3, -0.25) is 14.3 Å². The van der Waals surface area contributed by atoms with Crippen LogP contribution in [0.3, 0.4) is 0 Å². The van der Waals surface area contributed by atoms with Crippen molar-refractivity contribution in [2.75, 3.05) is 0 Å². The van der Waals surface area contributed by atoms with Crippen molar-refractivity contribution in [3.05, 3.63) is 17.5 Å². The number of carboxylic acids is 1. The molecule has 1 heterocycles. The average Bonchev–Trinajstić information content (AvgIpc) is 3.07. The van der Waals surface area contributed by atoms with Gasteiger partial charge >= 0.3 is 5.97 Å². The van der Waals surface area contributed by atoms with Gasteiger partial charge in [-0.25, -0.2) is 0 Å². The molecule has 0 bridgehead atoms. The molecule has 4 unspecified atom stereocenters. The van der Waals surface area contributed by atoms with Crippen LogP contribution in [0.4, 0.5) is 0 Å². The van der Waals surface area contributed by atoms with Crippen LogP contribution < -0.4 is 5.32 Å². The number of nitrogens with one attached hydrogen (secondary N) is 1. The zero-order chi connectivity index (χ0) is 17.4. The number of amides is 1. The third-order valence-corrected chi connectivity index (χ3v) is 5.87. The van der Waals surface area contributed by atoms with Crippen LogP contribution in [-0.4, -0.2) is 32.8 Å². The highest BCUT2D eigenvalue weighted by atomic mass is 16.4. The summed E-state index contributed by atoms with van der Waals surface area (Å²) in [4.78, 5) is 23.9. The minimum atomic E-state index is -0.697. The number of nitrogens with zero attached hydrogens (tertiary/aromatic N) is 2. The molecule has 0 spiro atoms. The van der Waals surface area contributed by atoms with Gasteiger partial charge in [0.05, 0.1) is 17.7 Å². The maximum atomic E-state index is 12.7. The first-order chi connectivity index (χ1) is 11.4. The Bertz CT molecular complexity index is 635. The third kappa shape index (κ3) is 2.94. The Hall–Kier alpha value is -1.85. The van der Waals surface area contributed by atoms with E-state index in [1.807, 2.05) is 17.7 Å². The topological polar surface area (TPSA) is 84.2 Å². The number of aryl methyl sites for hydroxylation is 1. The van der Waals surface area contributed by atoms with Crippen LogP contribution in [0.1, 0.15) is 68.2 Å². The third-order valence-electron chi connectivity index (χ3n) is 5.87. The molecule has 132 valence electrons. The molecule has 0 aliphatic heterocycles. The molecular weight excluding hydrogens is 306 g/mol. The number of aromatic nitrogens is 2. The molecule has 2 N–H and O–H groups in total. The Balaban J connectivity index is 1.68. The largest absolute Gasteiger partial charge is 0.481 e. The lowest BCUT2D eigenvalue weighted by Crippen LogP contribution is -2.50. The first kappa shape index (κ1) is 17.0. The highest BCUT2D eigenvalue weighted by molar-refractivity contribution is 5.93. The number of carboxylic acid groups (broad SMARTS) is 1. The van der Waals surface area contributed by atoms with Gasteiger partial charge < -0.3 is 10.4 Å². The quantitative estimate of drug-likeness (QED) is 0.838. The van der Waals surface area contributed by atoms with Gasteiger partial charge in [0.15, 0.2) is 0 Å². The molecular formula is C18H27N3O3. The number of hydrogen-bond donors (Lipinski definition) is 2. The molecule has 0 aromatic carbocycles. The van der Waals surface area contributed by atoms with E-state index in [0.717, 1.165) is 31.4 Å². The molecule has 0 radical (unpaired) electrons. The second-order valence-electron chi connectivity index (χ2n) is 7.33. The van der Waals surface area contributed by atoms with Crippen LogP contribution in [0.15, 0.2) is 6.07 Å². The molecule has 2 saturated carbocycles. The van der Waals surface area contributed by atoms with Gasteiger partial charge in [-0.1, -0.05) is 13.8 Å². The molecule has 24 heavy (non-hydrogen) atoms. The van der Waals surface area contributed by atoms with Crippen LogP contribution >= 0.6 is 0 Å².